The third-order valence-corrected chi connectivity index (χ3v) is 3.71. The molecule has 0 unspecified atom stereocenters. The van der Waals surface area contributed by atoms with Gasteiger partial charge < -0.3 is 9.26 Å². The summed E-state index contributed by atoms with van der Waals surface area (Å²) in [7, 11) is 1.66. The van der Waals surface area contributed by atoms with E-state index >= 15 is 0 Å². The van der Waals surface area contributed by atoms with Gasteiger partial charge in [-0.25, -0.2) is 0 Å². The molecule has 102 valence electrons. The first kappa shape index (κ1) is 12.0. The highest BCUT2D eigenvalue weighted by Gasteiger charge is 2.13. The molecule has 0 saturated heterocycles. The van der Waals surface area contributed by atoms with Gasteiger partial charge in [0, 0.05) is 5.56 Å². The van der Waals surface area contributed by atoms with E-state index in [1.807, 2.05) is 42.5 Å². The largest absolute Gasteiger partial charge is 0.497 e. The Morgan fingerprint density at radius 2 is 1.86 bits per heavy atom. The summed E-state index contributed by atoms with van der Waals surface area (Å²) in [4.78, 5) is 0. The minimum absolute atomic E-state index is 0.798. The molecule has 3 heteroatoms. The van der Waals surface area contributed by atoms with Crippen molar-refractivity contribution in [2.24, 2.45) is 0 Å². The summed E-state index contributed by atoms with van der Waals surface area (Å²) in [5, 5.41) is 7.63. The lowest BCUT2D eigenvalue weighted by molar-refractivity contribution is 0.415. The van der Waals surface area contributed by atoms with Gasteiger partial charge in [-0.1, -0.05) is 47.6 Å². The lowest BCUT2D eigenvalue weighted by Crippen LogP contribution is -1.84. The number of methoxy groups -OCH3 is 1. The van der Waals surface area contributed by atoms with Gasteiger partial charge in [0.05, 0.1) is 12.5 Å². The van der Waals surface area contributed by atoms with Crippen LogP contribution in [-0.2, 0) is 0 Å². The van der Waals surface area contributed by atoms with Crippen molar-refractivity contribution >= 4 is 21.7 Å². The molecule has 1 aromatic heterocycles. The summed E-state index contributed by atoms with van der Waals surface area (Å²) in [6, 6.07) is 20.1. The number of ether oxygens (including phenoxy) is 1. The molecule has 0 bridgehead atoms. The predicted molar refractivity (Wildman–Crippen MR) is 83.5 cm³/mol. The average molecular weight is 275 g/mol. The van der Waals surface area contributed by atoms with Crippen LogP contribution >= 0.6 is 0 Å². The van der Waals surface area contributed by atoms with Gasteiger partial charge in [0.25, 0.3) is 0 Å². The SMILES string of the molecule is COc1cccc(-c2noc3ccc4ccccc4c23)c1. The number of fused-ring (bicyclic) bond motifs is 3. The minimum atomic E-state index is 0.798. The van der Waals surface area contributed by atoms with Crippen LogP contribution in [0.25, 0.3) is 33.0 Å². The number of aromatic nitrogens is 1. The number of hydrogen-bond acceptors (Lipinski definition) is 3. The fourth-order valence-corrected chi connectivity index (χ4v) is 2.68. The maximum atomic E-state index is 5.49. The quantitative estimate of drug-likeness (QED) is 0.534. The Morgan fingerprint density at radius 1 is 0.952 bits per heavy atom. The first-order valence-corrected chi connectivity index (χ1v) is 6.78. The van der Waals surface area contributed by atoms with E-state index in [1.165, 1.54) is 5.39 Å². The highest BCUT2D eigenvalue weighted by molar-refractivity contribution is 6.11. The fraction of sp³-hybridized carbons (Fsp3) is 0.0556. The van der Waals surface area contributed by atoms with E-state index < -0.39 is 0 Å². The summed E-state index contributed by atoms with van der Waals surface area (Å²) < 4.78 is 10.8. The molecule has 1 heterocycles. The van der Waals surface area contributed by atoms with Crippen LogP contribution in [0.4, 0.5) is 0 Å². The number of rotatable bonds is 2. The lowest BCUT2D eigenvalue weighted by Gasteiger charge is -2.03. The highest BCUT2D eigenvalue weighted by atomic mass is 16.5. The monoisotopic (exact) mass is 275 g/mol. The molecule has 4 aromatic rings. The van der Waals surface area contributed by atoms with Gasteiger partial charge in [0.2, 0.25) is 0 Å². The third-order valence-electron chi connectivity index (χ3n) is 3.71. The topological polar surface area (TPSA) is 35.3 Å². The van der Waals surface area contributed by atoms with Crippen molar-refractivity contribution in [1.29, 1.82) is 0 Å². The van der Waals surface area contributed by atoms with Gasteiger partial charge in [-0.2, -0.15) is 0 Å². The van der Waals surface area contributed by atoms with Crippen molar-refractivity contribution in [3.63, 3.8) is 0 Å². The van der Waals surface area contributed by atoms with E-state index in [1.54, 1.807) is 7.11 Å². The van der Waals surface area contributed by atoms with Gasteiger partial charge in [-0.05, 0) is 29.0 Å². The van der Waals surface area contributed by atoms with Gasteiger partial charge in [-0.15, -0.1) is 0 Å². The Balaban J connectivity index is 2.06. The van der Waals surface area contributed by atoms with Crippen LogP contribution in [0, 0.1) is 0 Å². The van der Waals surface area contributed by atoms with E-state index in [0.717, 1.165) is 33.4 Å². The molecule has 0 aliphatic rings. The number of nitrogens with zero attached hydrogens (tertiary/aromatic N) is 1. The lowest BCUT2D eigenvalue weighted by atomic mass is 10.0. The van der Waals surface area contributed by atoms with Crippen LogP contribution < -0.4 is 4.74 Å². The van der Waals surface area contributed by atoms with E-state index in [4.69, 9.17) is 9.26 Å². The van der Waals surface area contributed by atoms with Crippen LogP contribution in [0.15, 0.2) is 65.2 Å². The van der Waals surface area contributed by atoms with Crippen LogP contribution in [0.3, 0.4) is 0 Å². The molecular weight excluding hydrogens is 262 g/mol. The van der Waals surface area contributed by atoms with E-state index in [9.17, 15) is 0 Å². The molecule has 0 saturated carbocycles. The van der Waals surface area contributed by atoms with Crippen LogP contribution in [-0.4, -0.2) is 12.3 Å². The smallest absolute Gasteiger partial charge is 0.168 e. The summed E-state index contributed by atoms with van der Waals surface area (Å²) in [6.07, 6.45) is 0. The molecular formula is C18H13NO2. The van der Waals surface area contributed by atoms with Crippen molar-refractivity contribution in [3.05, 3.63) is 60.7 Å². The maximum Gasteiger partial charge on any atom is 0.168 e. The normalized spacial score (nSPS) is 11.1. The van der Waals surface area contributed by atoms with Crippen molar-refractivity contribution in [3.8, 4) is 17.0 Å². The van der Waals surface area contributed by atoms with E-state index in [2.05, 4.69) is 23.4 Å². The van der Waals surface area contributed by atoms with Crippen molar-refractivity contribution in [2.75, 3.05) is 7.11 Å². The average Bonchev–Trinajstić information content (AvgIpc) is 2.99. The number of benzene rings is 3. The number of hydrogen-bond donors (Lipinski definition) is 0. The predicted octanol–water partition coefficient (Wildman–Crippen LogP) is 4.66. The fourth-order valence-electron chi connectivity index (χ4n) is 2.68. The molecule has 0 amide bonds. The van der Waals surface area contributed by atoms with Crippen LogP contribution in [0.2, 0.25) is 0 Å². The Bertz CT molecular complexity index is 940. The molecule has 0 fully saturated rings. The summed E-state index contributed by atoms with van der Waals surface area (Å²) in [5.41, 5.74) is 2.64. The van der Waals surface area contributed by atoms with Gasteiger partial charge >= 0.3 is 0 Å². The highest BCUT2D eigenvalue weighted by Crippen LogP contribution is 2.34. The molecule has 3 nitrogen and oxygen atoms in total. The molecule has 0 aliphatic carbocycles. The second-order valence-electron chi connectivity index (χ2n) is 4.92. The molecule has 0 atom stereocenters. The Kier molecular flexibility index (Phi) is 2.64. The minimum Gasteiger partial charge on any atom is -0.497 e. The molecule has 0 N–H and O–H groups in total. The maximum absolute atomic E-state index is 5.49. The molecule has 3 aromatic carbocycles. The van der Waals surface area contributed by atoms with Gasteiger partial charge in [0.1, 0.15) is 11.4 Å². The zero-order chi connectivity index (χ0) is 14.2. The Hall–Kier alpha value is -2.81. The molecule has 4 rings (SSSR count). The summed E-state index contributed by atoms with van der Waals surface area (Å²) in [5.74, 6) is 0.809. The van der Waals surface area contributed by atoms with Gasteiger partial charge in [-0.3, -0.25) is 0 Å². The van der Waals surface area contributed by atoms with Crippen molar-refractivity contribution < 1.29 is 9.26 Å². The van der Waals surface area contributed by atoms with Gasteiger partial charge in [0.15, 0.2) is 5.58 Å². The first-order chi connectivity index (χ1) is 10.4. The molecule has 0 spiro atoms. The zero-order valence-corrected chi connectivity index (χ0v) is 11.5. The second kappa shape index (κ2) is 4.63. The van der Waals surface area contributed by atoms with Crippen LogP contribution in [0.1, 0.15) is 0 Å². The van der Waals surface area contributed by atoms with E-state index in [-0.39, 0.29) is 0 Å². The second-order valence-corrected chi connectivity index (χ2v) is 4.92. The van der Waals surface area contributed by atoms with E-state index in [0.29, 0.717) is 0 Å². The molecule has 0 radical (unpaired) electrons. The third kappa shape index (κ3) is 1.86. The Labute approximate surface area is 121 Å². The molecule has 0 aliphatic heterocycles. The first-order valence-electron chi connectivity index (χ1n) is 6.78. The zero-order valence-electron chi connectivity index (χ0n) is 11.5. The summed E-state index contributed by atoms with van der Waals surface area (Å²) >= 11 is 0. The Morgan fingerprint density at radius 3 is 2.76 bits per heavy atom. The standard InChI is InChI=1S/C18H13NO2/c1-20-14-7-4-6-13(11-14)18-17-15-8-3-2-5-12(15)9-10-16(17)21-19-18/h2-11H,1H3. The summed E-state index contributed by atoms with van der Waals surface area (Å²) in [6.45, 7) is 0. The van der Waals surface area contributed by atoms with Crippen molar-refractivity contribution in [1.82, 2.24) is 5.16 Å². The van der Waals surface area contributed by atoms with Crippen LogP contribution in [0.5, 0.6) is 5.75 Å². The van der Waals surface area contributed by atoms with Crippen molar-refractivity contribution in [2.45, 2.75) is 0 Å². The molecule has 21 heavy (non-hydrogen) atoms.